The van der Waals surface area contributed by atoms with Crippen LogP contribution in [0.5, 0.6) is 5.75 Å². The molecule has 122 valence electrons. The first-order valence-electron chi connectivity index (χ1n) is 7.17. The van der Waals surface area contributed by atoms with Crippen LogP contribution in [0.25, 0.3) is 0 Å². The molecule has 0 aliphatic rings. The van der Waals surface area contributed by atoms with Gasteiger partial charge in [-0.1, -0.05) is 29.3 Å². The summed E-state index contributed by atoms with van der Waals surface area (Å²) in [5.41, 5.74) is 1.73. The fraction of sp³-hybridized carbons (Fsp3) is 0.235. The molecule has 23 heavy (non-hydrogen) atoms. The predicted molar refractivity (Wildman–Crippen MR) is 94.7 cm³/mol. The Balaban J connectivity index is 1.72. The summed E-state index contributed by atoms with van der Waals surface area (Å²) in [6, 6.07) is 12.6. The smallest absolute Gasteiger partial charge is 0.238 e. The van der Waals surface area contributed by atoms with E-state index in [1.54, 1.807) is 43.5 Å². The Bertz CT molecular complexity index is 660. The maximum atomic E-state index is 11.8. The Morgan fingerprint density at radius 2 is 1.87 bits per heavy atom. The van der Waals surface area contributed by atoms with Gasteiger partial charge in [0.25, 0.3) is 0 Å². The molecule has 0 fully saturated rings. The summed E-state index contributed by atoms with van der Waals surface area (Å²) in [6.45, 7) is 0.884. The van der Waals surface area contributed by atoms with Crippen molar-refractivity contribution in [1.29, 1.82) is 0 Å². The highest BCUT2D eigenvalue weighted by Gasteiger charge is 2.04. The van der Waals surface area contributed by atoms with Crippen LogP contribution >= 0.6 is 23.2 Å². The lowest BCUT2D eigenvalue weighted by atomic mass is 10.1. The van der Waals surface area contributed by atoms with Gasteiger partial charge in [0.1, 0.15) is 5.75 Å². The highest BCUT2D eigenvalue weighted by Crippen LogP contribution is 2.21. The molecule has 0 saturated carbocycles. The number of ether oxygens (including phenoxy) is 1. The first kappa shape index (κ1) is 17.6. The number of methoxy groups -OCH3 is 1. The maximum Gasteiger partial charge on any atom is 0.238 e. The molecule has 0 heterocycles. The minimum atomic E-state index is -0.0997. The van der Waals surface area contributed by atoms with Crippen molar-refractivity contribution >= 4 is 34.8 Å². The molecule has 2 N–H and O–H groups in total. The summed E-state index contributed by atoms with van der Waals surface area (Å²) in [4.78, 5) is 11.8. The zero-order valence-electron chi connectivity index (χ0n) is 12.7. The van der Waals surface area contributed by atoms with E-state index in [1.807, 2.05) is 6.07 Å². The second-order valence-electron chi connectivity index (χ2n) is 4.94. The third-order valence-electron chi connectivity index (χ3n) is 3.25. The standard InChI is InChI=1S/C17H18Cl2N2O2/c1-23-15-6-4-14(5-7-15)21-17(22)11-20-9-8-12-2-3-13(18)10-16(12)19/h2-7,10,20H,8-9,11H2,1H3,(H,21,22). The third kappa shape index (κ3) is 5.75. The number of nitrogens with one attached hydrogen (secondary N) is 2. The van der Waals surface area contributed by atoms with E-state index in [0.717, 1.165) is 23.4 Å². The SMILES string of the molecule is COc1ccc(NC(=O)CNCCc2ccc(Cl)cc2Cl)cc1. The number of carbonyl (C=O) groups excluding carboxylic acids is 1. The van der Waals surface area contributed by atoms with Gasteiger partial charge in [0.15, 0.2) is 0 Å². The number of anilines is 1. The van der Waals surface area contributed by atoms with Crippen molar-refractivity contribution in [3.8, 4) is 5.75 Å². The van der Waals surface area contributed by atoms with Crippen LogP contribution in [0.2, 0.25) is 10.0 Å². The number of carbonyl (C=O) groups is 1. The van der Waals surface area contributed by atoms with Gasteiger partial charge >= 0.3 is 0 Å². The Kier molecular flexibility index (Phi) is 6.71. The normalized spacial score (nSPS) is 10.4. The topological polar surface area (TPSA) is 50.4 Å². The fourth-order valence-electron chi connectivity index (χ4n) is 2.03. The van der Waals surface area contributed by atoms with Gasteiger partial charge in [0.05, 0.1) is 13.7 Å². The summed E-state index contributed by atoms with van der Waals surface area (Å²) in [7, 11) is 1.60. The molecule has 0 aliphatic heterocycles. The van der Waals surface area contributed by atoms with Gasteiger partial charge in [0.2, 0.25) is 5.91 Å². The van der Waals surface area contributed by atoms with Crippen LogP contribution in [0.3, 0.4) is 0 Å². The lowest BCUT2D eigenvalue weighted by Gasteiger charge is -2.08. The van der Waals surface area contributed by atoms with Crippen molar-refractivity contribution in [2.75, 3.05) is 25.5 Å². The van der Waals surface area contributed by atoms with Gasteiger partial charge in [-0.3, -0.25) is 4.79 Å². The van der Waals surface area contributed by atoms with Gasteiger partial charge in [0, 0.05) is 15.7 Å². The number of hydrogen-bond acceptors (Lipinski definition) is 3. The molecule has 0 unspecified atom stereocenters. The van der Waals surface area contributed by atoms with Crippen molar-refractivity contribution < 1.29 is 9.53 Å². The monoisotopic (exact) mass is 352 g/mol. The van der Waals surface area contributed by atoms with Crippen LogP contribution in [-0.4, -0.2) is 26.1 Å². The minimum absolute atomic E-state index is 0.0997. The highest BCUT2D eigenvalue weighted by molar-refractivity contribution is 6.35. The number of amides is 1. The summed E-state index contributed by atoms with van der Waals surface area (Å²) in [5.74, 6) is 0.651. The maximum absolute atomic E-state index is 11.8. The molecule has 1 amide bonds. The lowest BCUT2D eigenvalue weighted by molar-refractivity contribution is -0.115. The van der Waals surface area contributed by atoms with Crippen molar-refractivity contribution in [3.05, 3.63) is 58.1 Å². The fourth-order valence-corrected chi connectivity index (χ4v) is 2.53. The highest BCUT2D eigenvalue weighted by atomic mass is 35.5. The Hall–Kier alpha value is -1.75. The van der Waals surface area contributed by atoms with Gasteiger partial charge in [-0.05, 0) is 54.9 Å². The van der Waals surface area contributed by atoms with Crippen molar-refractivity contribution in [2.24, 2.45) is 0 Å². The van der Waals surface area contributed by atoms with E-state index in [2.05, 4.69) is 10.6 Å². The largest absolute Gasteiger partial charge is 0.497 e. The molecule has 2 aromatic rings. The van der Waals surface area contributed by atoms with Crippen molar-refractivity contribution in [2.45, 2.75) is 6.42 Å². The molecule has 4 nitrogen and oxygen atoms in total. The van der Waals surface area contributed by atoms with Gasteiger partial charge in [-0.2, -0.15) is 0 Å². The predicted octanol–water partition coefficient (Wildman–Crippen LogP) is 3.77. The van der Waals surface area contributed by atoms with Crippen LogP contribution < -0.4 is 15.4 Å². The second kappa shape index (κ2) is 8.77. The Morgan fingerprint density at radius 1 is 1.13 bits per heavy atom. The van der Waals surface area contributed by atoms with Gasteiger partial charge in [-0.15, -0.1) is 0 Å². The number of benzene rings is 2. The molecule has 0 bridgehead atoms. The van der Waals surface area contributed by atoms with Crippen molar-refractivity contribution in [1.82, 2.24) is 5.32 Å². The van der Waals surface area contributed by atoms with Crippen LogP contribution in [-0.2, 0) is 11.2 Å². The van der Waals surface area contributed by atoms with E-state index in [1.165, 1.54) is 0 Å². The van der Waals surface area contributed by atoms with Crippen LogP contribution in [0.4, 0.5) is 5.69 Å². The van der Waals surface area contributed by atoms with Gasteiger partial charge < -0.3 is 15.4 Å². The Labute approximate surface area is 145 Å². The van der Waals surface area contributed by atoms with Crippen LogP contribution in [0.1, 0.15) is 5.56 Å². The van der Waals surface area contributed by atoms with E-state index in [9.17, 15) is 4.79 Å². The zero-order valence-corrected chi connectivity index (χ0v) is 14.2. The lowest BCUT2D eigenvalue weighted by Crippen LogP contribution is -2.29. The van der Waals surface area contributed by atoms with E-state index < -0.39 is 0 Å². The van der Waals surface area contributed by atoms with Crippen molar-refractivity contribution in [3.63, 3.8) is 0 Å². The molecular formula is C17H18Cl2N2O2. The number of rotatable bonds is 7. The molecule has 0 saturated heterocycles. The third-order valence-corrected chi connectivity index (χ3v) is 3.83. The first-order chi connectivity index (χ1) is 11.1. The summed E-state index contributed by atoms with van der Waals surface area (Å²) < 4.78 is 5.07. The Morgan fingerprint density at radius 3 is 2.52 bits per heavy atom. The van der Waals surface area contributed by atoms with E-state index in [-0.39, 0.29) is 12.5 Å². The van der Waals surface area contributed by atoms with E-state index in [4.69, 9.17) is 27.9 Å². The van der Waals surface area contributed by atoms with Crippen LogP contribution in [0.15, 0.2) is 42.5 Å². The average Bonchev–Trinajstić information content (AvgIpc) is 2.54. The molecule has 0 aliphatic carbocycles. The molecular weight excluding hydrogens is 335 g/mol. The molecule has 2 rings (SSSR count). The molecule has 0 atom stereocenters. The number of halogens is 2. The quantitative estimate of drug-likeness (QED) is 0.745. The minimum Gasteiger partial charge on any atom is -0.497 e. The zero-order chi connectivity index (χ0) is 16.7. The molecule has 0 spiro atoms. The average molecular weight is 353 g/mol. The molecule has 2 aromatic carbocycles. The second-order valence-corrected chi connectivity index (χ2v) is 5.78. The first-order valence-corrected chi connectivity index (χ1v) is 7.92. The van der Waals surface area contributed by atoms with E-state index >= 15 is 0 Å². The number of hydrogen-bond donors (Lipinski definition) is 2. The molecule has 0 radical (unpaired) electrons. The summed E-state index contributed by atoms with van der Waals surface area (Å²) >= 11 is 12.0. The van der Waals surface area contributed by atoms with E-state index in [0.29, 0.717) is 16.6 Å². The molecule has 6 heteroatoms. The molecule has 0 aromatic heterocycles. The van der Waals surface area contributed by atoms with Crippen LogP contribution in [0, 0.1) is 0 Å². The summed E-state index contributed by atoms with van der Waals surface area (Å²) in [6.07, 6.45) is 0.728. The van der Waals surface area contributed by atoms with Gasteiger partial charge in [-0.25, -0.2) is 0 Å². The summed E-state index contributed by atoms with van der Waals surface area (Å²) in [5, 5.41) is 7.16.